The van der Waals surface area contributed by atoms with Gasteiger partial charge in [0.15, 0.2) is 0 Å². The Morgan fingerprint density at radius 3 is 2.55 bits per heavy atom. The highest BCUT2D eigenvalue weighted by Crippen LogP contribution is 2.35. The third-order valence-corrected chi connectivity index (χ3v) is 2.93. The van der Waals surface area contributed by atoms with Gasteiger partial charge in [-0.15, -0.1) is 13.2 Å². The summed E-state index contributed by atoms with van der Waals surface area (Å²) >= 11 is 5.87. The second-order valence-electron chi connectivity index (χ2n) is 3.99. The van der Waals surface area contributed by atoms with Gasteiger partial charge in [-0.2, -0.15) is 5.10 Å². The molecule has 20 heavy (non-hydrogen) atoms. The molecule has 0 aliphatic rings. The molecule has 1 atom stereocenters. The predicted molar refractivity (Wildman–Crippen MR) is 65.4 cm³/mol. The lowest BCUT2D eigenvalue weighted by molar-refractivity contribution is -0.275. The van der Waals surface area contributed by atoms with E-state index in [1.165, 1.54) is 36.1 Å². The van der Waals surface area contributed by atoms with Crippen molar-refractivity contribution in [3.05, 3.63) is 46.7 Å². The summed E-state index contributed by atoms with van der Waals surface area (Å²) in [5.41, 5.74) is 0.139. The number of aromatic nitrogens is 2. The molecule has 1 unspecified atom stereocenters. The summed E-state index contributed by atoms with van der Waals surface area (Å²) in [6.07, 6.45) is -4.92. The number of alkyl halides is 3. The van der Waals surface area contributed by atoms with Crippen molar-refractivity contribution in [1.29, 1.82) is 0 Å². The van der Waals surface area contributed by atoms with E-state index in [4.69, 9.17) is 11.6 Å². The fourth-order valence-electron chi connectivity index (χ4n) is 1.80. The molecule has 1 aromatic carbocycles. The van der Waals surface area contributed by atoms with Crippen molar-refractivity contribution in [2.45, 2.75) is 12.5 Å². The van der Waals surface area contributed by atoms with Gasteiger partial charge < -0.3 is 9.84 Å². The molecule has 2 aromatic rings. The summed E-state index contributed by atoms with van der Waals surface area (Å²) in [6, 6.07) is 5.32. The SMILES string of the molecule is Cn1ncc(Cl)c1C(O)c1ccccc1OC(F)(F)F. The predicted octanol–water partition coefficient (Wildman–Crippen LogP) is 3.05. The summed E-state index contributed by atoms with van der Waals surface area (Å²) in [5, 5.41) is 14.2. The van der Waals surface area contributed by atoms with E-state index < -0.39 is 18.2 Å². The molecular formula is C12H10ClF3N2O2. The van der Waals surface area contributed by atoms with E-state index in [0.29, 0.717) is 0 Å². The number of hydrogen-bond donors (Lipinski definition) is 1. The van der Waals surface area contributed by atoms with Gasteiger partial charge in [-0.3, -0.25) is 4.68 Å². The van der Waals surface area contributed by atoms with Gasteiger partial charge in [-0.1, -0.05) is 29.8 Å². The summed E-state index contributed by atoms with van der Waals surface area (Å²) in [6.45, 7) is 0. The Hall–Kier alpha value is -1.73. The molecule has 1 N–H and O–H groups in total. The van der Waals surface area contributed by atoms with Crippen molar-refractivity contribution in [2.24, 2.45) is 7.05 Å². The molecular weight excluding hydrogens is 297 g/mol. The van der Waals surface area contributed by atoms with Crippen LogP contribution < -0.4 is 4.74 Å². The Morgan fingerprint density at radius 2 is 2.00 bits per heavy atom. The Bertz CT molecular complexity index is 593. The molecule has 0 spiro atoms. The number of aryl methyl sites for hydroxylation is 1. The molecule has 0 fully saturated rings. The molecule has 108 valence electrons. The largest absolute Gasteiger partial charge is 0.573 e. The van der Waals surface area contributed by atoms with Gasteiger partial charge in [0.2, 0.25) is 0 Å². The molecule has 0 saturated carbocycles. The summed E-state index contributed by atoms with van der Waals surface area (Å²) < 4.78 is 42.2. The first-order chi connectivity index (χ1) is 9.29. The Morgan fingerprint density at radius 1 is 1.35 bits per heavy atom. The van der Waals surface area contributed by atoms with Crippen molar-refractivity contribution >= 4 is 11.6 Å². The molecule has 2 rings (SSSR count). The second kappa shape index (κ2) is 5.34. The molecule has 8 heteroatoms. The molecule has 0 saturated heterocycles. The van der Waals surface area contributed by atoms with Crippen molar-refractivity contribution in [3.63, 3.8) is 0 Å². The topological polar surface area (TPSA) is 47.3 Å². The normalized spacial score (nSPS) is 13.3. The summed E-state index contributed by atoms with van der Waals surface area (Å²) in [7, 11) is 1.53. The minimum absolute atomic E-state index is 0.0460. The van der Waals surface area contributed by atoms with Crippen LogP contribution in [0.25, 0.3) is 0 Å². The zero-order valence-corrected chi connectivity index (χ0v) is 11.0. The summed E-state index contributed by atoms with van der Waals surface area (Å²) in [4.78, 5) is 0. The van der Waals surface area contributed by atoms with E-state index in [2.05, 4.69) is 9.84 Å². The first-order valence-corrected chi connectivity index (χ1v) is 5.87. The van der Waals surface area contributed by atoms with Gasteiger partial charge in [-0.25, -0.2) is 0 Å². The molecule has 4 nitrogen and oxygen atoms in total. The lowest BCUT2D eigenvalue weighted by Gasteiger charge is -2.17. The van der Waals surface area contributed by atoms with Crippen LogP contribution in [-0.2, 0) is 7.05 Å². The lowest BCUT2D eigenvalue weighted by atomic mass is 10.1. The average Bonchev–Trinajstić information content (AvgIpc) is 2.67. The first kappa shape index (κ1) is 14.7. The van der Waals surface area contributed by atoms with E-state index >= 15 is 0 Å². The summed E-state index contributed by atoms with van der Waals surface area (Å²) in [5.74, 6) is -0.482. The maximum atomic E-state index is 12.3. The number of ether oxygens (including phenoxy) is 1. The maximum Gasteiger partial charge on any atom is 0.573 e. The highest BCUT2D eigenvalue weighted by Gasteiger charge is 2.33. The van der Waals surface area contributed by atoms with Crippen LogP contribution >= 0.6 is 11.6 Å². The maximum absolute atomic E-state index is 12.3. The third-order valence-electron chi connectivity index (χ3n) is 2.64. The van der Waals surface area contributed by atoms with Gasteiger partial charge >= 0.3 is 6.36 Å². The standard InChI is InChI=1S/C12H10ClF3N2O2/c1-18-10(8(13)6-17-18)11(19)7-4-2-3-5-9(7)20-12(14,15)16/h2-6,11,19H,1H3. The number of aliphatic hydroxyl groups excluding tert-OH is 1. The van der Waals surface area contributed by atoms with E-state index in [-0.39, 0.29) is 16.3 Å². The number of rotatable bonds is 3. The monoisotopic (exact) mass is 306 g/mol. The molecule has 0 radical (unpaired) electrons. The van der Waals surface area contributed by atoms with E-state index in [1.807, 2.05) is 0 Å². The van der Waals surface area contributed by atoms with Crippen molar-refractivity contribution < 1.29 is 23.0 Å². The van der Waals surface area contributed by atoms with Crippen LogP contribution in [0.5, 0.6) is 5.75 Å². The number of nitrogens with zero attached hydrogens (tertiary/aromatic N) is 2. The van der Waals surface area contributed by atoms with Crippen LogP contribution in [0, 0.1) is 0 Å². The molecule has 1 heterocycles. The number of benzene rings is 1. The minimum Gasteiger partial charge on any atom is -0.405 e. The van der Waals surface area contributed by atoms with Crippen LogP contribution in [0.1, 0.15) is 17.4 Å². The fourth-order valence-corrected chi connectivity index (χ4v) is 2.07. The van der Waals surface area contributed by atoms with Crippen molar-refractivity contribution in [2.75, 3.05) is 0 Å². The quantitative estimate of drug-likeness (QED) is 0.948. The first-order valence-electron chi connectivity index (χ1n) is 5.49. The smallest absolute Gasteiger partial charge is 0.405 e. The number of halogens is 4. The zero-order valence-electron chi connectivity index (χ0n) is 10.2. The third kappa shape index (κ3) is 3.05. The molecule has 0 bridgehead atoms. The Labute approximate surface area is 117 Å². The van der Waals surface area contributed by atoms with E-state index in [1.54, 1.807) is 0 Å². The zero-order chi connectivity index (χ0) is 14.9. The lowest BCUT2D eigenvalue weighted by Crippen LogP contribution is -2.19. The van der Waals surface area contributed by atoms with Gasteiger partial charge in [0.1, 0.15) is 11.9 Å². The van der Waals surface area contributed by atoms with Gasteiger partial charge in [-0.05, 0) is 6.07 Å². The molecule has 1 aromatic heterocycles. The van der Waals surface area contributed by atoms with Crippen LogP contribution in [0.2, 0.25) is 5.02 Å². The van der Waals surface area contributed by atoms with E-state index in [0.717, 1.165) is 6.07 Å². The molecule has 0 amide bonds. The van der Waals surface area contributed by atoms with Gasteiger partial charge in [0.05, 0.1) is 16.9 Å². The fraction of sp³-hybridized carbons (Fsp3) is 0.250. The molecule has 0 aliphatic heterocycles. The second-order valence-corrected chi connectivity index (χ2v) is 4.40. The Balaban J connectivity index is 2.43. The number of hydrogen-bond acceptors (Lipinski definition) is 3. The van der Waals surface area contributed by atoms with E-state index in [9.17, 15) is 18.3 Å². The van der Waals surface area contributed by atoms with Crippen LogP contribution in [-0.4, -0.2) is 21.2 Å². The van der Waals surface area contributed by atoms with Gasteiger partial charge in [0.25, 0.3) is 0 Å². The van der Waals surface area contributed by atoms with Crippen molar-refractivity contribution in [1.82, 2.24) is 9.78 Å². The highest BCUT2D eigenvalue weighted by molar-refractivity contribution is 6.31. The number of aliphatic hydroxyl groups is 1. The van der Waals surface area contributed by atoms with Crippen molar-refractivity contribution in [3.8, 4) is 5.75 Å². The van der Waals surface area contributed by atoms with Gasteiger partial charge in [0, 0.05) is 12.6 Å². The molecule has 0 aliphatic carbocycles. The highest BCUT2D eigenvalue weighted by atomic mass is 35.5. The van der Waals surface area contributed by atoms with Crippen LogP contribution in [0.4, 0.5) is 13.2 Å². The average molecular weight is 307 g/mol. The Kier molecular flexibility index (Phi) is 3.92. The van der Waals surface area contributed by atoms with Crippen LogP contribution in [0.3, 0.4) is 0 Å². The minimum atomic E-state index is -4.84. The van der Waals surface area contributed by atoms with Crippen LogP contribution in [0.15, 0.2) is 30.5 Å². The number of para-hydroxylation sites is 1.